The maximum Gasteiger partial charge on any atom is 0.356 e. The van der Waals surface area contributed by atoms with Gasteiger partial charge in [-0.3, -0.25) is 0 Å². The van der Waals surface area contributed by atoms with Crippen LogP contribution in [-0.4, -0.2) is 20.7 Å². The van der Waals surface area contributed by atoms with Crippen molar-refractivity contribution < 1.29 is 9.90 Å². The van der Waals surface area contributed by atoms with Crippen LogP contribution in [0.4, 0.5) is 5.82 Å². The molecule has 2 rings (SSSR count). The first kappa shape index (κ1) is 7.60. The quantitative estimate of drug-likeness (QED) is 0.668. The molecule has 5 nitrogen and oxygen atoms in total. The molecule has 3 N–H and O–H groups in total. The fraction of sp³-hybridized carbons (Fsp3) is 0. The van der Waals surface area contributed by atoms with E-state index in [9.17, 15) is 4.79 Å². The molecule has 0 aromatic carbocycles. The van der Waals surface area contributed by atoms with Gasteiger partial charge in [0, 0.05) is 0 Å². The number of hydrogen-bond donors (Lipinski definition) is 2. The standard InChI is InChI=1S/C8H7N3O2/c9-7-3-1-2-5-4-6(8(12)13)10-11(5)7/h1-4H,9H2,(H,12,13). The molecule has 0 atom stereocenters. The summed E-state index contributed by atoms with van der Waals surface area (Å²) in [5.74, 6) is -0.631. The maximum absolute atomic E-state index is 10.6. The number of carbonyl (C=O) groups is 1. The Bertz CT molecular complexity index is 475. The van der Waals surface area contributed by atoms with E-state index < -0.39 is 5.97 Å². The Morgan fingerprint density at radius 2 is 2.31 bits per heavy atom. The number of nitrogens with zero attached hydrogens (tertiary/aromatic N) is 2. The van der Waals surface area contributed by atoms with Crippen molar-refractivity contribution in [2.45, 2.75) is 0 Å². The van der Waals surface area contributed by atoms with Crippen LogP contribution in [0.1, 0.15) is 10.5 Å². The van der Waals surface area contributed by atoms with Crippen molar-refractivity contribution in [2.24, 2.45) is 0 Å². The fourth-order valence-corrected chi connectivity index (χ4v) is 1.14. The smallest absolute Gasteiger partial charge is 0.356 e. The molecule has 0 bridgehead atoms. The summed E-state index contributed by atoms with van der Waals surface area (Å²) in [6.07, 6.45) is 0. The summed E-state index contributed by atoms with van der Waals surface area (Å²) >= 11 is 0. The van der Waals surface area contributed by atoms with Gasteiger partial charge < -0.3 is 10.8 Å². The number of carboxylic acid groups (broad SMARTS) is 1. The van der Waals surface area contributed by atoms with Crippen LogP contribution < -0.4 is 5.73 Å². The molecule has 2 aromatic heterocycles. The lowest BCUT2D eigenvalue weighted by Crippen LogP contribution is -2.00. The second kappa shape index (κ2) is 2.48. The Morgan fingerprint density at radius 1 is 1.54 bits per heavy atom. The van der Waals surface area contributed by atoms with Crippen LogP contribution in [0.5, 0.6) is 0 Å². The first-order valence-corrected chi connectivity index (χ1v) is 3.66. The van der Waals surface area contributed by atoms with Crippen molar-refractivity contribution in [3.63, 3.8) is 0 Å². The van der Waals surface area contributed by atoms with Crippen LogP contribution in [-0.2, 0) is 0 Å². The molecule has 0 unspecified atom stereocenters. The predicted molar refractivity (Wildman–Crippen MR) is 46.6 cm³/mol. The Kier molecular flexibility index (Phi) is 1.45. The molecular weight excluding hydrogens is 170 g/mol. The van der Waals surface area contributed by atoms with Crippen molar-refractivity contribution in [3.05, 3.63) is 30.0 Å². The molecule has 2 heterocycles. The summed E-state index contributed by atoms with van der Waals surface area (Å²) in [6, 6.07) is 6.62. The summed E-state index contributed by atoms with van der Waals surface area (Å²) < 4.78 is 1.39. The summed E-state index contributed by atoms with van der Waals surface area (Å²) in [6.45, 7) is 0. The molecule has 66 valence electrons. The van der Waals surface area contributed by atoms with E-state index in [-0.39, 0.29) is 5.69 Å². The Labute approximate surface area is 73.4 Å². The first-order chi connectivity index (χ1) is 6.18. The van der Waals surface area contributed by atoms with Gasteiger partial charge in [0.25, 0.3) is 0 Å². The van der Waals surface area contributed by atoms with Gasteiger partial charge in [-0.15, -0.1) is 0 Å². The summed E-state index contributed by atoms with van der Waals surface area (Å²) in [5, 5.41) is 12.5. The number of anilines is 1. The first-order valence-electron chi connectivity index (χ1n) is 3.66. The van der Waals surface area contributed by atoms with Gasteiger partial charge in [0.1, 0.15) is 5.82 Å². The van der Waals surface area contributed by atoms with Gasteiger partial charge in [-0.25, -0.2) is 9.31 Å². The van der Waals surface area contributed by atoms with Crippen LogP contribution in [0.3, 0.4) is 0 Å². The summed E-state index contributed by atoms with van der Waals surface area (Å²) in [7, 11) is 0. The van der Waals surface area contributed by atoms with Crippen molar-refractivity contribution in [2.75, 3.05) is 5.73 Å². The lowest BCUT2D eigenvalue weighted by atomic mass is 10.3. The zero-order valence-electron chi connectivity index (χ0n) is 6.64. The highest BCUT2D eigenvalue weighted by molar-refractivity contribution is 5.87. The Hall–Kier alpha value is -2.04. The van der Waals surface area contributed by atoms with E-state index in [0.717, 1.165) is 0 Å². The van der Waals surface area contributed by atoms with Crippen molar-refractivity contribution in [1.82, 2.24) is 9.61 Å². The second-order valence-electron chi connectivity index (χ2n) is 2.62. The van der Waals surface area contributed by atoms with Crippen molar-refractivity contribution in [1.29, 1.82) is 0 Å². The second-order valence-corrected chi connectivity index (χ2v) is 2.62. The number of nitrogen functional groups attached to an aromatic ring is 1. The van der Waals surface area contributed by atoms with Gasteiger partial charge in [0.05, 0.1) is 5.52 Å². The maximum atomic E-state index is 10.6. The molecule has 2 aromatic rings. The molecular formula is C8H7N3O2. The van der Waals surface area contributed by atoms with Crippen LogP contribution >= 0.6 is 0 Å². The Morgan fingerprint density at radius 3 is 2.92 bits per heavy atom. The van der Waals surface area contributed by atoms with Crippen molar-refractivity contribution >= 4 is 17.3 Å². The van der Waals surface area contributed by atoms with E-state index in [1.165, 1.54) is 10.6 Å². The number of aromatic carboxylic acids is 1. The van der Waals surface area contributed by atoms with E-state index in [2.05, 4.69) is 5.10 Å². The highest BCUT2D eigenvalue weighted by Crippen LogP contribution is 2.10. The van der Waals surface area contributed by atoms with Gasteiger partial charge in [-0.05, 0) is 18.2 Å². The molecule has 0 spiro atoms. The van der Waals surface area contributed by atoms with Gasteiger partial charge in [0.2, 0.25) is 0 Å². The fourth-order valence-electron chi connectivity index (χ4n) is 1.14. The minimum Gasteiger partial charge on any atom is -0.476 e. The minimum absolute atomic E-state index is 0.00194. The molecule has 0 aliphatic rings. The van der Waals surface area contributed by atoms with Gasteiger partial charge >= 0.3 is 5.97 Å². The molecule has 0 saturated heterocycles. The van der Waals surface area contributed by atoms with E-state index in [1.807, 2.05) is 0 Å². The zero-order chi connectivity index (χ0) is 9.42. The third-order valence-electron chi connectivity index (χ3n) is 1.73. The number of carboxylic acids is 1. The summed E-state index contributed by atoms with van der Waals surface area (Å²) in [5.41, 5.74) is 6.25. The number of pyridine rings is 1. The number of rotatable bonds is 1. The zero-order valence-corrected chi connectivity index (χ0v) is 6.64. The monoisotopic (exact) mass is 177 g/mol. The van der Waals surface area contributed by atoms with Crippen LogP contribution in [0.2, 0.25) is 0 Å². The van der Waals surface area contributed by atoms with Crippen LogP contribution in [0.25, 0.3) is 5.52 Å². The minimum atomic E-state index is -1.05. The third-order valence-corrected chi connectivity index (χ3v) is 1.73. The lowest BCUT2D eigenvalue weighted by molar-refractivity contribution is 0.0690. The Balaban J connectivity index is 2.75. The topological polar surface area (TPSA) is 80.6 Å². The molecule has 0 aliphatic carbocycles. The van der Waals surface area contributed by atoms with E-state index in [4.69, 9.17) is 10.8 Å². The number of nitrogens with two attached hydrogens (primary N) is 1. The van der Waals surface area contributed by atoms with Crippen LogP contribution in [0.15, 0.2) is 24.3 Å². The molecule has 0 fully saturated rings. The molecule has 13 heavy (non-hydrogen) atoms. The average molecular weight is 177 g/mol. The average Bonchev–Trinajstić information content (AvgIpc) is 2.49. The number of fused-ring (bicyclic) bond motifs is 1. The normalized spacial score (nSPS) is 10.5. The van der Waals surface area contributed by atoms with E-state index in [0.29, 0.717) is 11.3 Å². The molecule has 5 heteroatoms. The molecule has 0 amide bonds. The molecule has 0 saturated carbocycles. The van der Waals surface area contributed by atoms with E-state index in [1.54, 1.807) is 18.2 Å². The summed E-state index contributed by atoms with van der Waals surface area (Å²) in [4.78, 5) is 10.6. The van der Waals surface area contributed by atoms with Crippen molar-refractivity contribution in [3.8, 4) is 0 Å². The lowest BCUT2D eigenvalue weighted by Gasteiger charge is -1.95. The van der Waals surface area contributed by atoms with Gasteiger partial charge in [-0.1, -0.05) is 6.07 Å². The highest BCUT2D eigenvalue weighted by Gasteiger charge is 2.08. The highest BCUT2D eigenvalue weighted by atomic mass is 16.4. The van der Waals surface area contributed by atoms with Crippen LogP contribution in [0, 0.1) is 0 Å². The largest absolute Gasteiger partial charge is 0.476 e. The molecule has 0 radical (unpaired) electrons. The van der Waals surface area contributed by atoms with Gasteiger partial charge in [-0.2, -0.15) is 5.10 Å². The predicted octanol–water partition coefficient (Wildman–Crippen LogP) is 0.615. The number of hydrogen-bond acceptors (Lipinski definition) is 3. The SMILES string of the molecule is Nc1cccc2cc(C(=O)O)nn12. The van der Waals surface area contributed by atoms with Gasteiger partial charge in [0.15, 0.2) is 5.69 Å². The molecule has 0 aliphatic heterocycles. The van der Waals surface area contributed by atoms with E-state index >= 15 is 0 Å². The third kappa shape index (κ3) is 1.10. The number of aromatic nitrogens is 2.